The van der Waals surface area contributed by atoms with Gasteiger partial charge in [0.25, 0.3) is 0 Å². The number of hydrogen-bond donors (Lipinski definition) is 0. The van der Waals surface area contributed by atoms with Crippen molar-refractivity contribution in [2.45, 2.75) is 26.8 Å². The number of fused-ring (bicyclic) bond motifs is 1. The van der Waals surface area contributed by atoms with Crippen LogP contribution in [0.1, 0.15) is 28.1 Å². The highest BCUT2D eigenvalue weighted by Crippen LogP contribution is 2.21. The largest absolute Gasteiger partial charge is 0.323 e. The van der Waals surface area contributed by atoms with Crippen molar-refractivity contribution >= 4 is 11.0 Å². The van der Waals surface area contributed by atoms with Gasteiger partial charge in [0.15, 0.2) is 0 Å². The Labute approximate surface area is 148 Å². The molecular formula is C22H21N3. The van der Waals surface area contributed by atoms with E-state index in [9.17, 15) is 0 Å². The van der Waals surface area contributed by atoms with Crippen LogP contribution in [0.2, 0.25) is 0 Å². The van der Waals surface area contributed by atoms with Gasteiger partial charge in [0, 0.05) is 25.4 Å². The van der Waals surface area contributed by atoms with Crippen LogP contribution in [0.5, 0.6) is 0 Å². The third kappa shape index (κ3) is 3.18. The van der Waals surface area contributed by atoms with Crippen molar-refractivity contribution < 1.29 is 0 Å². The van der Waals surface area contributed by atoms with Crippen molar-refractivity contribution in [1.29, 1.82) is 0 Å². The van der Waals surface area contributed by atoms with Gasteiger partial charge in [-0.1, -0.05) is 35.9 Å². The smallest absolute Gasteiger partial charge is 0.114 e. The molecule has 4 aromatic rings. The lowest BCUT2D eigenvalue weighted by atomic mass is 10.1. The van der Waals surface area contributed by atoms with E-state index in [0.29, 0.717) is 0 Å². The Hall–Kier alpha value is -2.94. The predicted octanol–water partition coefficient (Wildman–Crippen LogP) is 4.69. The summed E-state index contributed by atoms with van der Waals surface area (Å²) in [6, 6.07) is 19.1. The van der Waals surface area contributed by atoms with E-state index in [1.807, 2.05) is 18.5 Å². The van der Waals surface area contributed by atoms with E-state index in [1.54, 1.807) is 0 Å². The van der Waals surface area contributed by atoms with Gasteiger partial charge >= 0.3 is 0 Å². The second kappa shape index (κ2) is 6.52. The number of rotatable bonds is 4. The van der Waals surface area contributed by atoms with Gasteiger partial charge in [-0.25, -0.2) is 4.98 Å². The van der Waals surface area contributed by atoms with Crippen LogP contribution in [0.4, 0.5) is 0 Å². The van der Waals surface area contributed by atoms with E-state index in [2.05, 4.69) is 71.9 Å². The summed E-state index contributed by atoms with van der Waals surface area (Å²) in [6.07, 6.45) is 4.49. The molecule has 0 radical (unpaired) electrons. The van der Waals surface area contributed by atoms with Crippen LogP contribution in [0.15, 0.2) is 67.0 Å². The first kappa shape index (κ1) is 15.6. The quantitative estimate of drug-likeness (QED) is 0.544. The molecule has 2 aromatic heterocycles. The monoisotopic (exact) mass is 327 g/mol. The summed E-state index contributed by atoms with van der Waals surface area (Å²) in [5, 5.41) is 0. The summed E-state index contributed by atoms with van der Waals surface area (Å²) in [5.41, 5.74) is 7.43. The number of hydrogen-bond acceptors (Lipinski definition) is 2. The molecule has 25 heavy (non-hydrogen) atoms. The van der Waals surface area contributed by atoms with Crippen LogP contribution in [-0.4, -0.2) is 14.5 Å². The zero-order chi connectivity index (χ0) is 17.2. The van der Waals surface area contributed by atoms with Gasteiger partial charge in [0.2, 0.25) is 0 Å². The summed E-state index contributed by atoms with van der Waals surface area (Å²) < 4.78 is 2.34. The number of imidazole rings is 1. The summed E-state index contributed by atoms with van der Waals surface area (Å²) in [7, 11) is 0. The highest BCUT2D eigenvalue weighted by Gasteiger charge is 2.12. The molecule has 0 aliphatic rings. The van der Waals surface area contributed by atoms with Crippen molar-refractivity contribution in [2.75, 3.05) is 0 Å². The molecule has 3 heteroatoms. The first-order valence-electron chi connectivity index (χ1n) is 8.60. The van der Waals surface area contributed by atoms with E-state index in [4.69, 9.17) is 4.98 Å². The second-order valence-electron chi connectivity index (χ2n) is 6.57. The normalized spacial score (nSPS) is 11.1. The molecule has 3 nitrogen and oxygen atoms in total. The van der Waals surface area contributed by atoms with Crippen molar-refractivity contribution in [1.82, 2.24) is 14.5 Å². The van der Waals surface area contributed by atoms with Crippen molar-refractivity contribution in [2.24, 2.45) is 0 Å². The van der Waals surface area contributed by atoms with Crippen molar-refractivity contribution in [3.63, 3.8) is 0 Å². The molecule has 124 valence electrons. The lowest BCUT2D eigenvalue weighted by Gasteiger charge is -2.12. The molecule has 0 N–H and O–H groups in total. The Balaban J connectivity index is 1.80. The maximum absolute atomic E-state index is 4.90. The zero-order valence-electron chi connectivity index (χ0n) is 14.6. The number of nitrogens with zero attached hydrogens (tertiary/aromatic N) is 3. The molecule has 0 unspecified atom stereocenters. The third-order valence-corrected chi connectivity index (χ3v) is 4.68. The maximum atomic E-state index is 4.90. The van der Waals surface area contributed by atoms with Crippen molar-refractivity contribution in [3.8, 4) is 0 Å². The molecular weight excluding hydrogens is 306 g/mol. The van der Waals surface area contributed by atoms with E-state index < -0.39 is 0 Å². The van der Waals surface area contributed by atoms with Crippen LogP contribution in [0, 0.1) is 13.8 Å². The van der Waals surface area contributed by atoms with Gasteiger partial charge in [-0.15, -0.1) is 0 Å². The molecule has 0 saturated carbocycles. The van der Waals surface area contributed by atoms with Gasteiger partial charge in [-0.3, -0.25) is 4.98 Å². The van der Waals surface area contributed by atoms with Gasteiger partial charge in [0.1, 0.15) is 5.82 Å². The lowest BCUT2D eigenvalue weighted by molar-refractivity contribution is 0.758. The summed E-state index contributed by atoms with van der Waals surface area (Å²) in [5.74, 6) is 1.09. The molecule has 0 amide bonds. The molecule has 2 aromatic carbocycles. The van der Waals surface area contributed by atoms with Crippen LogP contribution in [0.25, 0.3) is 11.0 Å². The topological polar surface area (TPSA) is 30.7 Å². The molecule has 4 rings (SSSR count). The SMILES string of the molecule is Cc1ccc(C)c(Cn2c(Cc3ccncc3)nc3ccccc32)c1. The fraction of sp³-hybridized carbons (Fsp3) is 0.182. The molecule has 0 atom stereocenters. The van der Waals surface area contributed by atoms with E-state index >= 15 is 0 Å². The Morgan fingerprint density at radius 1 is 0.920 bits per heavy atom. The standard InChI is InChI=1S/C22H21N3/c1-16-7-8-17(2)19(13-16)15-25-21-6-4-3-5-20(21)24-22(25)14-18-9-11-23-12-10-18/h3-13H,14-15H2,1-2H3. The predicted molar refractivity (Wildman–Crippen MR) is 102 cm³/mol. The van der Waals surface area contributed by atoms with Gasteiger partial charge in [-0.05, 0) is 54.8 Å². The first-order valence-corrected chi connectivity index (χ1v) is 8.60. The minimum absolute atomic E-state index is 0.808. The van der Waals surface area contributed by atoms with Crippen molar-refractivity contribution in [3.05, 3.63) is 95.1 Å². The Kier molecular flexibility index (Phi) is 4.06. The van der Waals surface area contributed by atoms with E-state index in [1.165, 1.54) is 27.8 Å². The van der Waals surface area contributed by atoms with Crippen LogP contribution in [-0.2, 0) is 13.0 Å². The molecule has 0 spiro atoms. The molecule has 2 heterocycles. The van der Waals surface area contributed by atoms with Crippen LogP contribution >= 0.6 is 0 Å². The fourth-order valence-electron chi connectivity index (χ4n) is 3.26. The first-order chi connectivity index (χ1) is 12.2. The Morgan fingerprint density at radius 2 is 1.72 bits per heavy atom. The Bertz CT molecular complexity index is 1020. The summed E-state index contributed by atoms with van der Waals surface area (Å²) >= 11 is 0. The third-order valence-electron chi connectivity index (χ3n) is 4.68. The molecule has 0 bridgehead atoms. The van der Waals surface area contributed by atoms with Gasteiger partial charge < -0.3 is 4.57 Å². The van der Waals surface area contributed by atoms with Gasteiger partial charge in [0.05, 0.1) is 11.0 Å². The van der Waals surface area contributed by atoms with Gasteiger partial charge in [-0.2, -0.15) is 0 Å². The molecule has 0 aliphatic carbocycles. The molecule has 0 fully saturated rings. The zero-order valence-corrected chi connectivity index (χ0v) is 14.6. The minimum Gasteiger partial charge on any atom is -0.323 e. The number of pyridine rings is 1. The Morgan fingerprint density at radius 3 is 2.56 bits per heavy atom. The average molecular weight is 327 g/mol. The number of aryl methyl sites for hydroxylation is 2. The number of benzene rings is 2. The maximum Gasteiger partial charge on any atom is 0.114 e. The fourth-order valence-corrected chi connectivity index (χ4v) is 3.26. The van der Waals surface area contributed by atoms with Crippen LogP contribution < -0.4 is 0 Å². The minimum atomic E-state index is 0.808. The molecule has 0 saturated heterocycles. The van der Waals surface area contributed by atoms with Crippen LogP contribution in [0.3, 0.4) is 0 Å². The number of aromatic nitrogens is 3. The van der Waals surface area contributed by atoms with E-state index in [0.717, 1.165) is 24.3 Å². The van der Waals surface area contributed by atoms with E-state index in [-0.39, 0.29) is 0 Å². The highest BCUT2D eigenvalue weighted by molar-refractivity contribution is 5.76. The highest BCUT2D eigenvalue weighted by atomic mass is 15.1. The summed E-state index contributed by atoms with van der Waals surface area (Å²) in [4.78, 5) is 9.01. The molecule has 0 aliphatic heterocycles. The second-order valence-corrected chi connectivity index (χ2v) is 6.57. The average Bonchev–Trinajstić information content (AvgIpc) is 2.96. The number of para-hydroxylation sites is 2. The lowest BCUT2D eigenvalue weighted by Crippen LogP contribution is -2.07. The summed E-state index contributed by atoms with van der Waals surface area (Å²) in [6.45, 7) is 5.16.